The lowest BCUT2D eigenvalue weighted by Gasteiger charge is -2.12. The van der Waals surface area contributed by atoms with Gasteiger partial charge in [-0.1, -0.05) is 0 Å². The number of nitrogens with zero attached hydrogens (tertiary/aromatic N) is 6. The summed E-state index contributed by atoms with van der Waals surface area (Å²) in [7, 11) is 1.61. The molecule has 0 atom stereocenters. The molecule has 1 saturated carbocycles. The summed E-state index contributed by atoms with van der Waals surface area (Å²) in [5.41, 5.74) is 4.32. The summed E-state index contributed by atoms with van der Waals surface area (Å²) in [5, 5.41) is 4.46. The zero-order chi connectivity index (χ0) is 14.4. The maximum Gasteiger partial charge on any atom is 0.243 e. The molecule has 0 unspecified atom stereocenters. The standard InChI is InChI=1S/C14H14N6O/c1-8-12-10(16-6-15-8)5-19-20(12)13-11(9-3-4-9)17-7-18-14(13)21-2/h5-7,9H,3-4H2,1-2H3. The average Bonchev–Trinajstić information content (AvgIpc) is 3.26. The Morgan fingerprint density at radius 1 is 1.14 bits per heavy atom. The van der Waals surface area contributed by atoms with Gasteiger partial charge >= 0.3 is 0 Å². The van der Waals surface area contributed by atoms with Gasteiger partial charge in [-0.3, -0.25) is 0 Å². The maximum atomic E-state index is 5.42. The lowest BCUT2D eigenvalue weighted by atomic mass is 10.2. The van der Waals surface area contributed by atoms with Crippen molar-refractivity contribution in [1.82, 2.24) is 29.7 Å². The second-order valence-electron chi connectivity index (χ2n) is 5.14. The minimum atomic E-state index is 0.459. The SMILES string of the molecule is COc1ncnc(C2CC2)c1-n1ncc2ncnc(C)c21. The normalized spacial score (nSPS) is 14.6. The van der Waals surface area contributed by atoms with E-state index in [1.54, 1.807) is 30.6 Å². The van der Waals surface area contributed by atoms with Gasteiger partial charge in [0.05, 0.1) is 24.7 Å². The minimum Gasteiger partial charge on any atom is -0.479 e. The van der Waals surface area contributed by atoms with Crippen molar-refractivity contribution in [3.05, 3.63) is 30.2 Å². The quantitative estimate of drug-likeness (QED) is 0.729. The highest BCUT2D eigenvalue weighted by Gasteiger charge is 2.31. The summed E-state index contributed by atoms with van der Waals surface area (Å²) in [6.45, 7) is 1.94. The van der Waals surface area contributed by atoms with Crippen LogP contribution in [0.1, 0.15) is 30.1 Å². The fourth-order valence-electron chi connectivity index (χ4n) is 2.56. The third-order valence-electron chi connectivity index (χ3n) is 3.73. The fraction of sp³-hybridized carbons (Fsp3) is 0.357. The summed E-state index contributed by atoms with van der Waals surface area (Å²) in [6.07, 6.45) is 7.10. The van der Waals surface area contributed by atoms with Gasteiger partial charge in [0, 0.05) is 5.92 Å². The molecule has 0 amide bonds. The van der Waals surface area contributed by atoms with Crippen molar-refractivity contribution < 1.29 is 4.74 Å². The molecule has 0 spiro atoms. The van der Waals surface area contributed by atoms with E-state index in [4.69, 9.17) is 4.74 Å². The molecule has 0 N–H and O–H groups in total. The number of hydrogen-bond acceptors (Lipinski definition) is 6. The van der Waals surface area contributed by atoms with Crippen LogP contribution >= 0.6 is 0 Å². The molecule has 7 heteroatoms. The summed E-state index contributed by atoms with van der Waals surface area (Å²) in [5.74, 6) is 0.987. The Kier molecular flexibility index (Phi) is 2.60. The van der Waals surface area contributed by atoms with Gasteiger partial charge in [0.2, 0.25) is 5.88 Å². The molecule has 0 aliphatic heterocycles. The number of hydrogen-bond donors (Lipinski definition) is 0. The van der Waals surface area contributed by atoms with E-state index in [0.29, 0.717) is 11.8 Å². The Labute approximate surface area is 121 Å². The van der Waals surface area contributed by atoms with Crippen LogP contribution in [0.4, 0.5) is 0 Å². The van der Waals surface area contributed by atoms with Crippen LogP contribution < -0.4 is 4.74 Å². The molecule has 0 aromatic carbocycles. The van der Waals surface area contributed by atoms with Crippen LogP contribution in [0.15, 0.2) is 18.9 Å². The van der Waals surface area contributed by atoms with E-state index in [1.165, 1.54) is 0 Å². The van der Waals surface area contributed by atoms with Crippen molar-refractivity contribution in [2.75, 3.05) is 7.11 Å². The number of aromatic nitrogens is 6. The predicted octanol–water partition coefficient (Wildman–Crippen LogP) is 1.80. The summed E-state index contributed by atoms with van der Waals surface area (Å²) >= 11 is 0. The van der Waals surface area contributed by atoms with Crippen LogP contribution in [0.25, 0.3) is 16.7 Å². The molecule has 4 rings (SSSR count). The van der Waals surface area contributed by atoms with Gasteiger partial charge in [0.1, 0.15) is 29.4 Å². The van der Waals surface area contributed by atoms with Gasteiger partial charge in [-0.2, -0.15) is 10.1 Å². The first-order valence-corrected chi connectivity index (χ1v) is 6.84. The molecular formula is C14H14N6O. The van der Waals surface area contributed by atoms with E-state index < -0.39 is 0 Å². The smallest absolute Gasteiger partial charge is 0.243 e. The summed E-state index contributed by atoms with van der Waals surface area (Å²) in [6, 6.07) is 0. The number of ether oxygens (including phenoxy) is 1. The Morgan fingerprint density at radius 2 is 1.95 bits per heavy atom. The molecule has 3 heterocycles. The topological polar surface area (TPSA) is 78.6 Å². The van der Waals surface area contributed by atoms with Gasteiger partial charge in [-0.05, 0) is 19.8 Å². The Balaban J connectivity index is 2.04. The molecule has 3 aromatic heterocycles. The second kappa shape index (κ2) is 4.47. The van der Waals surface area contributed by atoms with E-state index in [0.717, 1.165) is 41.0 Å². The first-order valence-electron chi connectivity index (χ1n) is 6.84. The van der Waals surface area contributed by atoms with Gasteiger partial charge in [-0.15, -0.1) is 0 Å². The highest BCUT2D eigenvalue weighted by atomic mass is 16.5. The Bertz CT molecular complexity index is 823. The molecular weight excluding hydrogens is 268 g/mol. The van der Waals surface area contributed by atoms with Crippen LogP contribution in [0.5, 0.6) is 5.88 Å². The van der Waals surface area contributed by atoms with Crippen LogP contribution in [0, 0.1) is 6.92 Å². The first kappa shape index (κ1) is 12.2. The van der Waals surface area contributed by atoms with E-state index in [9.17, 15) is 0 Å². The van der Waals surface area contributed by atoms with Gasteiger partial charge in [-0.25, -0.2) is 19.6 Å². The zero-order valence-electron chi connectivity index (χ0n) is 11.8. The number of fused-ring (bicyclic) bond motifs is 1. The highest BCUT2D eigenvalue weighted by molar-refractivity contribution is 5.78. The van der Waals surface area contributed by atoms with Crippen LogP contribution in [-0.4, -0.2) is 36.8 Å². The van der Waals surface area contributed by atoms with Gasteiger partial charge < -0.3 is 4.74 Å². The summed E-state index contributed by atoms with van der Waals surface area (Å²) in [4.78, 5) is 17.2. The monoisotopic (exact) mass is 282 g/mol. The van der Waals surface area contributed by atoms with E-state index in [2.05, 4.69) is 25.0 Å². The third kappa shape index (κ3) is 1.84. The van der Waals surface area contributed by atoms with Crippen molar-refractivity contribution >= 4 is 11.0 Å². The van der Waals surface area contributed by atoms with E-state index >= 15 is 0 Å². The molecule has 1 aliphatic rings. The molecule has 0 bridgehead atoms. The van der Waals surface area contributed by atoms with Crippen LogP contribution in [0.3, 0.4) is 0 Å². The van der Waals surface area contributed by atoms with Crippen molar-refractivity contribution in [3.8, 4) is 11.6 Å². The predicted molar refractivity (Wildman–Crippen MR) is 75.5 cm³/mol. The van der Waals surface area contributed by atoms with Crippen molar-refractivity contribution in [2.45, 2.75) is 25.7 Å². The van der Waals surface area contributed by atoms with Gasteiger partial charge in [0.25, 0.3) is 0 Å². The molecule has 21 heavy (non-hydrogen) atoms. The highest BCUT2D eigenvalue weighted by Crippen LogP contribution is 2.43. The van der Waals surface area contributed by atoms with Gasteiger partial charge in [0.15, 0.2) is 0 Å². The number of aryl methyl sites for hydroxylation is 1. The van der Waals surface area contributed by atoms with E-state index in [-0.39, 0.29) is 0 Å². The summed E-state index contributed by atoms with van der Waals surface area (Å²) < 4.78 is 7.23. The Morgan fingerprint density at radius 3 is 2.71 bits per heavy atom. The molecule has 7 nitrogen and oxygen atoms in total. The molecule has 1 fully saturated rings. The average molecular weight is 282 g/mol. The van der Waals surface area contributed by atoms with Crippen molar-refractivity contribution in [3.63, 3.8) is 0 Å². The molecule has 0 radical (unpaired) electrons. The van der Waals surface area contributed by atoms with E-state index in [1.807, 2.05) is 6.92 Å². The largest absolute Gasteiger partial charge is 0.479 e. The molecule has 106 valence electrons. The molecule has 0 saturated heterocycles. The minimum absolute atomic E-state index is 0.459. The van der Waals surface area contributed by atoms with Crippen molar-refractivity contribution in [2.24, 2.45) is 0 Å². The van der Waals surface area contributed by atoms with Crippen LogP contribution in [0.2, 0.25) is 0 Å². The second-order valence-corrected chi connectivity index (χ2v) is 5.14. The maximum absolute atomic E-state index is 5.42. The number of methoxy groups -OCH3 is 1. The lowest BCUT2D eigenvalue weighted by Crippen LogP contribution is -2.08. The zero-order valence-corrected chi connectivity index (χ0v) is 11.8. The lowest BCUT2D eigenvalue weighted by molar-refractivity contribution is 0.393. The molecule has 3 aromatic rings. The molecule has 1 aliphatic carbocycles. The fourth-order valence-corrected chi connectivity index (χ4v) is 2.56. The third-order valence-corrected chi connectivity index (χ3v) is 3.73. The van der Waals surface area contributed by atoms with Crippen LogP contribution in [-0.2, 0) is 0 Å². The number of rotatable bonds is 3. The van der Waals surface area contributed by atoms with Crippen molar-refractivity contribution in [1.29, 1.82) is 0 Å². The Hall–Kier alpha value is -2.57. The first-order chi connectivity index (χ1) is 10.3.